The molecule has 0 atom stereocenters. The van der Waals surface area contributed by atoms with Crippen molar-refractivity contribution in [2.24, 2.45) is 0 Å². The molecule has 1 aromatic heterocycles. The maximum atomic E-state index is 5.40. The Labute approximate surface area is 65.4 Å². The van der Waals surface area contributed by atoms with Crippen molar-refractivity contribution in [3.8, 4) is 6.01 Å². The van der Waals surface area contributed by atoms with Crippen molar-refractivity contribution in [1.29, 1.82) is 0 Å². The molecule has 60 valence electrons. The van der Waals surface area contributed by atoms with E-state index in [-0.39, 0.29) is 6.10 Å². The first-order valence-electron chi connectivity index (χ1n) is 3.43. The summed E-state index contributed by atoms with van der Waals surface area (Å²) in [6.07, 6.45) is 1.65. The van der Waals surface area contributed by atoms with Gasteiger partial charge in [0.2, 0.25) is 0 Å². The van der Waals surface area contributed by atoms with Crippen LogP contribution in [-0.2, 0) is 0 Å². The van der Waals surface area contributed by atoms with E-state index in [1.54, 1.807) is 12.3 Å². The monoisotopic (exact) mass is 153 g/mol. The summed E-state index contributed by atoms with van der Waals surface area (Å²) in [5.74, 6) is 0.427. The van der Waals surface area contributed by atoms with E-state index in [1.165, 1.54) is 0 Å². The van der Waals surface area contributed by atoms with Gasteiger partial charge >= 0.3 is 6.01 Å². The smallest absolute Gasteiger partial charge is 0.318 e. The minimum Gasteiger partial charge on any atom is -0.461 e. The van der Waals surface area contributed by atoms with Gasteiger partial charge in [0.1, 0.15) is 5.82 Å². The van der Waals surface area contributed by atoms with Crippen molar-refractivity contribution in [3.63, 3.8) is 0 Å². The molecule has 0 aliphatic rings. The number of hydrogen-bond donors (Lipinski definition) is 1. The summed E-state index contributed by atoms with van der Waals surface area (Å²) < 4.78 is 5.19. The number of anilines is 1. The largest absolute Gasteiger partial charge is 0.461 e. The van der Waals surface area contributed by atoms with Gasteiger partial charge in [0.05, 0.1) is 6.10 Å². The van der Waals surface area contributed by atoms with Gasteiger partial charge in [-0.1, -0.05) is 0 Å². The van der Waals surface area contributed by atoms with Gasteiger partial charge in [-0.2, -0.15) is 4.98 Å². The summed E-state index contributed by atoms with van der Waals surface area (Å²) in [5.41, 5.74) is 5.40. The highest BCUT2D eigenvalue weighted by atomic mass is 16.5. The Morgan fingerprint density at radius 1 is 1.55 bits per heavy atom. The molecular weight excluding hydrogens is 142 g/mol. The zero-order valence-corrected chi connectivity index (χ0v) is 6.61. The van der Waals surface area contributed by atoms with Gasteiger partial charge in [0.25, 0.3) is 0 Å². The van der Waals surface area contributed by atoms with E-state index in [0.717, 1.165) is 0 Å². The Bertz CT molecular complexity index is 237. The lowest BCUT2D eigenvalue weighted by atomic mass is 10.5. The van der Waals surface area contributed by atoms with Gasteiger partial charge in [0.15, 0.2) is 0 Å². The summed E-state index contributed by atoms with van der Waals surface area (Å²) in [7, 11) is 0. The van der Waals surface area contributed by atoms with Gasteiger partial charge in [0, 0.05) is 6.20 Å². The van der Waals surface area contributed by atoms with E-state index in [0.29, 0.717) is 11.8 Å². The molecule has 4 heteroatoms. The highest BCUT2D eigenvalue weighted by Crippen LogP contribution is 2.05. The fraction of sp³-hybridized carbons (Fsp3) is 0.429. The lowest BCUT2D eigenvalue weighted by Gasteiger charge is -2.06. The Morgan fingerprint density at radius 3 is 2.82 bits per heavy atom. The van der Waals surface area contributed by atoms with Gasteiger partial charge in [-0.05, 0) is 19.9 Å². The van der Waals surface area contributed by atoms with Crippen LogP contribution in [0.1, 0.15) is 13.8 Å². The van der Waals surface area contributed by atoms with Crippen LogP contribution in [0.25, 0.3) is 0 Å². The molecule has 0 aliphatic carbocycles. The molecule has 0 unspecified atom stereocenters. The van der Waals surface area contributed by atoms with Crippen molar-refractivity contribution in [3.05, 3.63) is 12.3 Å². The second-order valence-electron chi connectivity index (χ2n) is 2.43. The number of rotatable bonds is 2. The average Bonchev–Trinajstić information content (AvgIpc) is 1.85. The maximum absolute atomic E-state index is 5.40. The number of nitrogens with zero attached hydrogens (tertiary/aromatic N) is 2. The maximum Gasteiger partial charge on any atom is 0.318 e. The first-order chi connectivity index (χ1) is 5.18. The molecule has 11 heavy (non-hydrogen) atoms. The molecule has 0 fully saturated rings. The molecule has 1 aromatic rings. The van der Waals surface area contributed by atoms with Crippen LogP contribution < -0.4 is 10.5 Å². The van der Waals surface area contributed by atoms with Crippen LogP contribution in [0.2, 0.25) is 0 Å². The van der Waals surface area contributed by atoms with Gasteiger partial charge in [-0.3, -0.25) is 0 Å². The number of ether oxygens (including phenoxy) is 1. The Balaban J connectivity index is 2.71. The van der Waals surface area contributed by atoms with Crippen LogP contribution in [0.4, 0.5) is 5.82 Å². The summed E-state index contributed by atoms with van der Waals surface area (Å²) in [6.45, 7) is 3.82. The quantitative estimate of drug-likeness (QED) is 0.684. The molecule has 1 heterocycles. The van der Waals surface area contributed by atoms with Crippen LogP contribution in [0.5, 0.6) is 6.01 Å². The minimum absolute atomic E-state index is 0.0804. The van der Waals surface area contributed by atoms with Gasteiger partial charge in [-0.15, -0.1) is 0 Å². The first-order valence-corrected chi connectivity index (χ1v) is 3.43. The summed E-state index contributed by atoms with van der Waals surface area (Å²) in [6, 6.07) is 1.95. The van der Waals surface area contributed by atoms with E-state index >= 15 is 0 Å². The molecule has 0 bridgehead atoms. The minimum atomic E-state index is 0.0804. The van der Waals surface area contributed by atoms with Crippen LogP contribution in [-0.4, -0.2) is 16.1 Å². The SMILES string of the molecule is CC(C)Oc1nccc(N)n1. The fourth-order valence-corrected chi connectivity index (χ4v) is 0.622. The first kappa shape index (κ1) is 7.78. The number of nitrogen functional groups attached to an aromatic ring is 1. The molecule has 0 saturated carbocycles. The van der Waals surface area contributed by atoms with Crippen molar-refractivity contribution in [2.75, 3.05) is 5.73 Å². The third-order valence-electron chi connectivity index (χ3n) is 0.996. The van der Waals surface area contributed by atoms with Crippen LogP contribution in [0.3, 0.4) is 0 Å². The lowest BCUT2D eigenvalue weighted by molar-refractivity contribution is 0.222. The van der Waals surface area contributed by atoms with Crippen molar-refractivity contribution < 1.29 is 4.74 Å². The third kappa shape index (κ3) is 2.41. The van der Waals surface area contributed by atoms with Crippen molar-refractivity contribution in [2.45, 2.75) is 20.0 Å². The normalized spacial score (nSPS) is 10.1. The van der Waals surface area contributed by atoms with E-state index in [1.807, 2.05) is 13.8 Å². The van der Waals surface area contributed by atoms with Gasteiger partial charge < -0.3 is 10.5 Å². The number of aromatic nitrogens is 2. The molecule has 0 radical (unpaired) electrons. The third-order valence-corrected chi connectivity index (χ3v) is 0.996. The molecule has 1 rings (SSSR count). The van der Waals surface area contributed by atoms with Crippen LogP contribution in [0.15, 0.2) is 12.3 Å². The molecule has 0 amide bonds. The highest BCUT2D eigenvalue weighted by molar-refractivity contribution is 5.26. The molecule has 0 aliphatic heterocycles. The number of nitrogens with two attached hydrogens (primary N) is 1. The highest BCUT2D eigenvalue weighted by Gasteiger charge is 1.99. The Morgan fingerprint density at radius 2 is 2.27 bits per heavy atom. The average molecular weight is 153 g/mol. The second-order valence-corrected chi connectivity index (χ2v) is 2.43. The predicted molar refractivity (Wildman–Crippen MR) is 42.2 cm³/mol. The van der Waals surface area contributed by atoms with Crippen molar-refractivity contribution in [1.82, 2.24) is 9.97 Å². The Hall–Kier alpha value is -1.32. The Kier molecular flexibility index (Phi) is 2.25. The molecule has 4 nitrogen and oxygen atoms in total. The van der Waals surface area contributed by atoms with E-state index in [9.17, 15) is 0 Å². The molecule has 2 N–H and O–H groups in total. The molecule has 0 aromatic carbocycles. The number of hydrogen-bond acceptors (Lipinski definition) is 4. The zero-order valence-electron chi connectivity index (χ0n) is 6.61. The lowest BCUT2D eigenvalue weighted by Crippen LogP contribution is -2.08. The molecule has 0 saturated heterocycles. The summed E-state index contributed by atoms with van der Waals surface area (Å²) >= 11 is 0. The molecule has 0 spiro atoms. The summed E-state index contributed by atoms with van der Waals surface area (Å²) in [4.78, 5) is 7.72. The molecular formula is C7H11N3O. The van der Waals surface area contributed by atoms with E-state index in [2.05, 4.69) is 9.97 Å². The van der Waals surface area contributed by atoms with Crippen molar-refractivity contribution >= 4 is 5.82 Å². The van der Waals surface area contributed by atoms with Crippen LogP contribution >= 0.6 is 0 Å². The second kappa shape index (κ2) is 3.18. The topological polar surface area (TPSA) is 61.0 Å². The standard InChI is InChI=1S/C7H11N3O/c1-5(2)11-7-9-4-3-6(8)10-7/h3-5H,1-2H3,(H2,8,9,10). The van der Waals surface area contributed by atoms with Gasteiger partial charge in [-0.25, -0.2) is 4.98 Å². The summed E-state index contributed by atoms with van der Waals surface area (Å²) in [5, 5.41) is 0. The van der Waals surface area contributed by atoms with E-state index in [4.69, 9.17) is 10.5 Å². The predicted octanol–water partition coefficient (Wildman–Crippen LogP) is 0.846. The fourth-order valence-electron chi connectivity index (χ4n) is 0.622. The van der Waals surface area contributed by atoms with Crippen LogP contribution in [0, 0.1) is 0 Å². The van der Waals surface area contributed by atoms with E-state index < -0.39 is 0 Å². The zero-order chi connectivity index (χ0) is 8.27.